The molecule has 0 radical (unpaired) electrons. The van der Waals surface area contributed by atoms with Crippen molar-refractivity contribution < 1.29 is 13.2 Å². The summed E-state index contributed by atoms with van der Waals surface area (Å²) in [7, 11) is 0. The van der Waals surface area contributed by atoms with Crippen molar-refractivity contribution in [1.29, 1.82) is 0 Å². The minimum absolute atomic E-state index is 0.321. The fourth-order valence-electron chi connectivity index (χ4n) is 3.56. The zero-order valence-electron chi connectivity index (χ0n) is 13.1. The largest absolute Gasteiger partial charge is 0.433 e. The maximum Gasteiger partial charge on any atom is 0.433 e. The Morgan fingerprint density at radius 3 is 2.56 bits per heavy atom. The highest BCUT2D eigenvalue weighted by molar-refractivity contribution is 9.10. The molecule has 2 aromatic rings. The van der Waals surface area contributed by atoms with Gasteiger partial charge in [0.2, 0.25) is 0 Å². The van der Waals surface area contributed by atoms with Gasteiger partial charge in [-0.3, -0.25) is 9.88 Å². The van der Waals surface area contributed by atoms with E-state index in [9.17, 15) is 13.2 Å². The van der Waals surface area contributed by atoms with E-state index in [1.54, 1.807) is 6.20 Å². The molecule has 5 rings (SSSR count). The second-order valence-electron chi connectivity index (χ2n) is 6.39. The van der Waals surface area contributed by atoms with Crippen molar-refractivity contribution in [2.24, 2.45) is 0 Å². The maximum atomic E-state index is 12.8. The van der Waals surface area contributed by atoms with Gasteiger partial charge in [-0.1, -0.05) is 0 Å². The SMILES string of the molecule is FC(F)(F)c1cc(N2CC3CC(C2)N3Cc2cncc(Br)c2)ncn1. The zero-order valence-corrected chi connectivity index (χ0v) is 14.7. The number of fused-ring (bicyclic) bond motifs is 2. The first-order chi connectivity index (χ1) is 11.9. The Morgan fingerprint density at radius 1 is 1.12 bits per heavy atom. The number of anilines is 1. The van der Waals surface area contributed by atoms with Gasteiger partial charge in [-0.2, -0.15) is 13.2 Å². The number of rotatable bonds is 3. The first-order valence-corrected chi connectivity index (χ1v) is 8.69. The van der Waals surface area contributed by atoms with Gasteiger partial charge >= 0.3 is 6.18 Å². The Morgan fingerprint density at radius 2 is 1.88 bits per heavy atom. The van der Waals surface area contributed by atoms with Crippen molar-refractivity contribution in [2.45, 2.75) is 31.2 Å². The van der Waals surface area contributed by atoms with E-state index in [-0.39, 0.29) is 0 Å². The van der Waals surface area contributed by atoms with Gasteiger partial charge in [-0.15, -0.1) is 0 Å². The molecule has 0 aliphatic carbocycles. The van der Waals surface area contributed by atoms with Crippen molar-refractivity contribution in [3.05, 3.63) is 46.6 Å². The van der Waals surface area contributed by atoms with Gasteiger partial charge in [0.1, 0.15) is 17.8 Å². The fourth-order valence-corrected chi connectivity index (χ4v) is 3.97. The monoisotopic (exact) mass is 413 g/mol. The highest BCUT2D eigenvalue weighted by atomic mass is 79.9. The van der Waals surface area contributed by atoms with Crippen molar-refractivity contribution in [1.82, 2.24) is 19.9 Å². The summed E-state index contributed by atoms with van der Waals surface area (Å²) in [5.74, 6) is 0.348. The summed E-state index contributed by atoms with van der Waals surface area (Å²) in [6, 6.07) is 3.72. The number of alkyl halides is 3. The van der Waals surface area contributed by atoms with E-state index in [0.717, 1.165) is 35.4 Å². The Bertz CT molecular complexity index is 772. The Balaban J connectivity index is 1.45. The molecule has 0 aromatic carbocycles. The van der Waals surface area contributed by atoms with E-state index in [4.69, 9.17) is 0 Å². The third-order valence-corrected chi connectivity index (χ3v) is 5.17. The second-order valence-corrected chi connectivity index (χ2v) is 7.31. The topological polar surface area (TPSA) is 45.2 Å². The lowest BCUT2D eigenvalue weighted by Gasteiger charge is -2.56. The summed E-state index contributed by atoms with van der Waals surface area (Å²) in [5.41, 5.74) is 0.229. The van der Waals surface area contributed by atoms with Crippen LogP contribution in [0.1, 0.15) is 17.7 Å². The standard InChI is InChI=1S/C16H15BrF3N5/c17-11-1-10(4-21-5-11)6-25-12-2-13(25)8-24(7-12)15-3-14(16(18,19)20)22-9-23-15/h1,3-5,9,12-13H,2,6-8H2. The summed E-state index contributed by atoms with van der Waals surface area (Å²) in [5, 5.41) is 0. The molecule has 2 unspecified atom stereocenters. The van der Waals surface area contributed by atoms with Gasteiger partial charge in [0, 0.05) is 54.7 Å². The number of piperidine rings is 1. The highest BCUT2D eigenvalue weighted by Crippen LogP contribution is 2.36. The molecule has 3 fully saturated rings. The van der Waals surface area contributed by atoms with Crippen LogP contribution in [0.15, 0.2) is 35.3 Å². The lowest BCUT2D eigenvalue weighted by atomic mass is 9.87. The predicted octanol–water partition coefficient (Wildman–Crippen LogP) is 3.12. The number of hydrogen-bond donors (Lipinski definition) is 0. The normalized spacial score (nSPS) is 23.4. The van der Waals surface area contributed by atoms with Crippen LogP contribution in [-0.4, -0.2) is 45.0 Å². The number of halogens is 4. The van der Waals surface area contributed by atoms with E-state index < -0.39 is 11.9 Å². The van der Waals surface area contributed by atoms with E-state index >= 15 is 0 Å². The molecule has 2 aromatic heterocycles. The molecule has 25 heavy (non-hydrogen) atoms. The first kappa shape index (κ1) is 16.7. The Hall–Kier alpha value is -1.74. The molecule has 2 bridgehead atoms. The van der Waals surface area contributed by atoms with Crippen LogP contribution in [0, 0.1) is 0 Å². The van der Waals surface area contributed by atoms with Crippen LogP contribution in [0.2, 0.25) is 0 Å². The number of nitrogens with zero attached hydrogens (tertiary/aromatic N) is 5. The van der Waals surface area contributed by atoms with Gasteiger partial charge in [-0.05, 0) is 34.0 Å². The van der Waals surface area contributed by atoms with Crippen LogP contribution in [0.5, 0.6) is 0 Å². The Kier molecular flexibility index (Phi) is 4.15. The summed E-state index contributed by atoms with van der Waals surface area (Å²) in [6.45, 7) is 2.14. The molecule has 132 valence electrons. The van der Waals surface area contributed by atoms with Crippen LogP contribution >= 0.6 is 15.9 Å². The molecular formula is C16H15BrF3N5. The molecule has 3 aliphatic heterocycles. The smallest absolute Gasteiger partial charge is 0.353 e. The van der Waals surface area contributed by atoms with Crippen LogP contribution in [0.4, 0.5) is 19.0 Å². The van der Waals surface area contributed by atoms with Crippen LogP contribution in [0.25, 0.3) is 0 Å². The summed E-state index contributed by atoms with van der Waals surface area (Å²) >= 11 is 3.42. The number of hydrogen-bond acceptors (Lipinski definition) is 5. The van der Waals surface area contributed by atoms with Gasteiger partial charge in [-0.25, -0.2) is 9.97 Å². The number of piperazine rings is 1. The summed E-state index contributed by atoms with van der Waals surface area (Å²) in [4.78, 5) is 15.8. The fraction of sp³-hybridized carbons (Fsp3) is 0.438. The predicted molar refractivity (Wildman–Crippen MR) is 88.9 cm³/mol. The van der Waals surface area contributed by atoms with Gasteiger partial charge in [0.05, 0.1) is 0 Å². The van der Waals surface area contributed by atoms with E-state index in [1.807, 2.05) is 17.2 Å². The first-order valence-electron chi connectivity index (χ1n) is 7.89. The summed E-state index contributed by atoms with van der Waals surface area (Å²) in [6.07, 6.45) is 1.20. The molecule has 9 heteroatoms. The maximum absolute atomic E-state index is 12.8. The van der Waals surface area contributed by atoms with Crippen molar-refractivity contribution in [3.8, 4) is 0 Å². The highest BCUT2D eigenvalue weighted by Gasteiger charge is 2.45. The van der Waals surface area contributed by atoms with Crippen molar-refractivity contribution >= 4 is 21.7 Å². The molecule has 0 amide bonds. The third-order valence-electron chi connectivity index (χ3n) is 4.74. The van der Waals surface area contributed by atoms with Gasteiger partial charge < -0.3 is 4.90 Å². The molecule has 3 saturated heterocycles. The number of aromatic nitrogens is 3. The van der Waals surface area contributed by atoms with Crippen molar-refractivity contribution in [3.63, 3.8) is 0 Å². The molecular weight excluding hydrogens is 399 g/mol. The quantitative estimate of drug-likeness (QED) is 0.773. The molecule has 5 heterocycles. The van der Waals surface area contributed by atoms with Gasteiger partial charge in [0.25, 0.3) is 0 Å². The van der Waals surface area contributed by atoms with Crippen LogP contribution < -0.4 is 4.90 Å². The van der Waals surface area contributed by atoms with E-state index in [2.05, 4.69) is 35.8 Å². The lowest BCUT2D eigenvalue weighted by molar-refractivity contribution is -0.141. The molecule has 3 aliphatic rings. The molecule has 0 spiro atoms. The lowest BCUT2D eigenvalue weighted by Crippen LogP contribution is -2.68. The van der Waals surface area contributed by atoms with Crippen LogP contribution in [-0.2, 0) is 12.7 Å². The van der Waals surface area contributed by atoms with Gasteiger partial charge in [0.15, 0.2) is 0 Å². The van der Waals surface area contributed by atoms with E-state index in [1.165, 1.54) is 0 Å². The average molecular weight is 414 g/mol. The summed E-state index contributed by atoms with van der Waals surface area (Å²) < 4.78 is 39.4. The van der Waals surface area contributed by atoms with E-state index in [0.29, 0.717) is 31.0 Å². The number of pyridine rings is 1. The second kappa shape index (κ2) is 6.21. The molecule has 0 saturated carbocycles. The third kappa shape index (κ3) is 3.35. The van der Waals surface area contributed by atoms with Crippen molar-refractivity contribution in [2.75, 3.05) is 18.0 Å². The molecule has 0 N–H and O–H groups in total. The van der Waals surface area contributed by atoms with Crippen LogP contribution in [0.3, 0.4) is 0 Å². The minimum atomic E-state index is -4.45. The molecule has 2 atom stereocenters. The molecule has 5 nitrogen and oxygen atoms in total. The zero-order chi connectivity index (χ0) is 17.6. The average Bonchev–Trinajstić information content (AvgIpc) is 2.59. The Labute approximate surface area is 151 Å². The minimum Gasteiger partial charge on any atom is -0.353 e.